The molecule has 0 aromatic heterocycles. The van der Waals surface area contributed by atoms with Crippen molar-refractivity contribution in [3.63, 3.8) is 0 Å². The molecule has 1 N–H and O–H groups in total. The highest BCUT2D eigenvalue weighted by Gasteiger charge is 2.24. The molecule has 1 unspecified atom stereocenters. The van der Waals surface area contributed by atoms with Gasteiger partial charge in [0.25, 0.3) is 0 Å². The highest BCUT2D eigenvalue weighted by Crippen LogP contribution is 2.36. The van der Waals surface area contributed by atoms with Crippen molar-refractivity contribution in [3.8, 4) is 0 Å². The molecule has 0 radical (unpaired) electrons. The molecular formula is C15H11BrF3N. The minimum absolute atomic E-state index is 0.160. The Labute approximate surface area is 122 Å². The van der Waals surface area contributed by atoms with Gasteiger partial charge < -0.3 is 5.32 Å². The van der Waals surface area contributed by atoms with E-state index in [1.54, 1.807) is 0 Å². The maximum absolute atomic E-state index is 13.7. The van der Waals surface area contributed by atoms with Crippen molar-refractivity contribution in [2.24, 2.45) is 0 Å². The van der Waals surface area contributed by atoms with E-state index in [1.807, 2.05) is 18.2 Å². The number of fused-ring (bicyclic) bond motifs is 1. The lowest BCUT2D eigenvalue weighted by Gasteiger charge is -2.17. The largest absolute Gasteiger partial charge is 0.373 e. The van der Waals surface area contributed by atoms with Gasteiger partial charge in [-0.15, -0.1) is 0 Å². The average molecular weight is 342 g/mol. The second-order valence-electron chi connectivity index (χ2n) is 4.82. The van der Waals surface area contributed by atoms with Gasteiger partial charge in [0.15, 0.2) is 11.6 Å². The number of hydrogen-bond acceptors (Lipinski definition) is 1. The maximum Gasteiger partial charge on any atom is 0.152 e. The summed E-state index contributed by atoms with van der Waals surface area (Å²) < 4.78 is 41.2. The summed E-state index contributed by atoms with van der Waals surface area (Å²) in [4.78, 5) is 0. The van der Waals surface area contributed by atoms with Crippen LogP contribution in [0.25, 0.3) is 0 Å². The fraction of sp³-hybridized carbons (Fsp3) is 0.200. The number of nitrogens with one attached hydrogen (secondary N) is 1. The average Bonchev–Trinajstić information content (AvgIpc) is 2.76. The van der Waals surface area contributed by atoms with E-state index < -0.39 is 17.5 Å². The molecule has 3 rings (SSSR count). The van der Waals surface area contributed by atoms with Gasteiger partial charge in [-0.3, -0.25) is 0 Å². The normalized spacial score (nSPS) is 17.1. The highest BCUT2D eigenvalue weighted by molar-refractivity contribution is 9.10. The zero-order valence-electron chi connectivity index (χ0n) is 10.4. The molecule has 0 amide bonds. The van der Waals surface area contributed by atoms with Gasteiger partial charge in [-0.05, 0) is 36.1 Å². The topological polar surface area (TPSA) is 12.0 Å². The molecule has 0 spiro atoms. The van der Waals surface area contributed by atoms with E-state index in [4.69, 9.17) is 0 Å². The van der Waals surface area contributed by atoms with E-state index in [0.29, 0.717) is 12.1 Å². The molecule has 0 bridgehead atoms. The second kappa shape index (κ2) is 5.13. The number of rotatable bonds is 2. The van der Waals surface area contributed by atoms with Gasteiger partial charge in [0.1, 0.15) is 11.5 Å². The summed E-state index contributed by atoms with van der Waals surface area (Å²) in [6.07, 6.45) is 1.60. The van der Waals surface area contributed by atoms with Gasteiger partial charge in [-0.2, -0.15) is 0 Å². The number of hydrogen-bond donors (Lipinski definition) is 1. The van der Waals surface area contributed by atoms with Crippen LogP contribution in [0.15, 0.2) is 34.8 Å². The van der Waals surface area contributed by atoms with Crippen LogP contribution in [0, 0.1) is 17.5 Å². The Kier molecular flexibility index (Phi) is 3.46. The number of benzene rings is 2. The quantitative estimate of drug-likeness (QED) is 0.813. The zero-order chi connectivity index (χ0) is 14.3. The van der Waals surface area contributed by atoms with Crippen LogP contribution >= 0.6 is 15.9 Å². The van der Waals surface area contributed by atoms with E-state index in [1.165, 1.54) is 0 Å². The van der Waals surface area contributed by atoms with E-state index in [9.17, 15) is 13.2 Å². The number of halogens is 4. The summed E-state index contributed by atoms with van der Waals surface area (Å²) in [5.41, 5.74) is 1.91. The first kappa shape index (κ1) is 13.5. The van der Waals surface area contributed by atoms with Gasteiger partial charge in [-0.1, -0.05) is 22.0 Å². The van der Waals surface area contributed by atoms with Crippen molar-refractivity contribution in [3.05, 3.63) is 63.4 Å². The third-order valence-electron chi connectivity index (χ3n) is 3.51. The summed E-state index contributed by atoms with van der Waals surface area (Å²) in [5, 5.41) is 2.85. The first-order chi connectivity index (χ1) is 9.54. The molecule has 0 saturated heterocycles. The minimum Gasteiger partial charge on any atom is -0.373 e. The molecule has 1 atom stereocenters. The van der Waals surface area contributed by atoms with Crippen LogP contribution in [0.1, 0.15) is 23.6 Å². The minimum atomic E-state index is -0.915. The van der Waals surface area contributed by atoms with Crippen LogP contribution < -0.4 is 5.32 Å². The molecule has 5 heteroatoms. The standard InChI is InChI=1S/C15H11BrF3N/c16-9-2-3-11-8(5-9)1-4-14(11)20-15-12(18)6-10(17)7-13(15)19/h2-3,5-7,14,20H,1,4H2. The molecule has 0 fully saturated rings. The van der Waals surface area contributed by atoms with Crippen LogP contribution in [0.5, 0.6) is 0 Å². The summed E-state index contributed by atoms with van der Waals surface area (Å²) in [5.74, 6) is -2.73. The fourth-order valence-electron chi connectivity index (χ4n) is 2.59. The molecule has 1 nitrogen and oxygen atoms in total. The predicted molar refractivity (Wildman–Crippen MR) is 75.1 cm³/mol. The Morgan fingerprint density at radius 2 is 1.75 bits per heavy atom. The Hall–Kier alpha value is -1.49. The van der Waals surface area contributed by atoms with Crippen molar-refractivity contribution in [2.75, 3.05) is 5.32 Å². The molecule has 0 aliphatic heterocycles. The summed E-state index contributed by atoms with van der Waals surface area (Å²) in [6, 6.07) is 7.05. The molecule has 0 heterocycles. The highest BCUT2D eigenvalue weighted by atomic mass is 79.9. The first-order valence-electron chi connectivity index (χ1n) is 6.24. The molecule has 0 saturated carbocycles. The molecule has 1 aliphatic rings. The van der Waals surface area contributed by atoms with E-state index in [2.05, 4.69) is 21.2 Å². The zero-order valence-corrected chi connectivity index (χ0v) is 12.0. The summed E-state index contributed by atoms with van der Waals surface area (Å²) in [6.45, 7) is 0. The van der Waals surface area contributed by atoms with Crippen LogP contribution in [-0.4, -0.2) is 0 Å². The number of anilines is 1. The van der Waals surface area contributed by atoms with Gasteiger partial charge in [-0.25, -0.2) is 13.2 Å². The molecule has 104 valence electrons. The fourth-order valence-corrected chi connectivity index (χ4v) is 3.00. The van der Waals surface area contributed by atoms with Gasteiger partial charge >= 0.3 is 0 Å². The lowest BCUT2D eigenvalue weighted by molar-refractivity contribution is 0.544. The number of aryl methyl sites for hydroxylation is 1. The molecule has 2 aromatic rings. The van der Waals surface area contributed by atoms with Gasteiger partial charge in [0.2, 0.25) is 0 Å². The first-order valence-corrected chi connectivity index (χ1v) is 7.03. The molecule has 2 aromatic carbocycles. The maximum atomic E-state index is 13.7. The lowest BCUT2D eigenvalue weighted by Crippen LogP contribution is -2.10. The van der Waals surface area contributed by atoms with Crippen molar-refractivity contribution in [2.45, 2.75) is 18.9 Å². The lowest BCUT2D eigenvalue weighted by atomic mass is 10.1. The Bertz CT molecular complexity index is 649. The molecular weight excluding hydrogens is 331 g/mol. The second-order valence-corrected chi connectivity index (χ2v) is 5.74. The van der Waals surface area contributed by atoms with Crippen LogP contribution in [-0.2, 0) is 6.42 Å². The Balaban J connectivity index is 1.91. The van der Waals surface area contributed by atoms with E-state index in [-0.39, 0.29) is 11.7 Å². The third kappa shape index (κ3) is 2.42. The van der Waals surface area contributed by atoms with E-state index >= 15 is 0 Å². The predicted octanol–water partition coefficient (Wildman–Crippen LogP) is 4.97. The van der Waals surface area contributed by atoms with Gasteiger partial charge in [0, 0.05) is 16.6 Å². The van der Waals surface area contributed by atoms with Crippen LogP contribution in [0.3, 0.4) is 0 Å². The molecule has 20 heavy (non-hydrogen) atoms. The van der Waals surface area contributed by atoms with Crippen molar-refractivity contribution in [1.29, 1.82) is 0 Å². The monoisotopic (exact) mass is 341 g/mol. The Morgan fingerprint density at radius 3 is 2.45 bits per heavy atom. The van der Waals surface area contributed by atoms with Crippen molar-refractivity contribution < 1.29 is 13.2 Å². The SMILES string of the molecule is Fc1cc(F)c(NC2CCc3cc(Br)ccc32)c(F)c1. The smallest absolute Gasteiger partial charge is 0.152 e. The Morgan fingerprint density at radius 1 is 1.05 bits per heavy atom. The van der Waals surface area contributed by atoms with E-state index in [0.717, 1.165) is 28.4 Å². The van der Waals surface area contributed by atoms with Crippen molar-refractivity contribution >= 4 is 21.6 Å². The summed E-state index contributed by atoms with van der Waals surface area (Å²) >= 11 is 3.40. The van der Waals surface area contributed by atoms with Gasteiger partial charge in [0.05, 0.1) is 6.04 Å². The third-order valence-corrected chi connectivity index (χ3v) is 4.00. The van der Waals surface area contributed by atoms with Crippen molar-refractivity contribution in [1.82, 2.24) is 0 Å². The summed E-state index contributed by atoms with van der Waals surface area (Å²) in [7, 11) is 0. The van der Waals surface area contributed by atoms with Crippen LogP contribution in [0.2, 0.25) is 0 Å². The molecule has 1 aliphatic carbocycles. The van der Waals surface area contributed by atoms with Crippen LogP contribution in [0.4, 0.5) is 18.9 Å².